The Bertz CT molecular complexity index is 500. The summed E-state index contributed by atoms with van der Waals surface area (Å²) in [6, 6.07) is 3.19. The fourth-order valence-electron chi connectivity index (χ4n) is 1.10. The van der Waals surface area contributed by atoms with Gasteiger partial charge in [0.1, 0.15) is 0 Å². The third-order valence-electron chi connectivity index (χ3n) is 1.82. The second kappa shape index (κ2) is 6.73. The van der Waals surface area contributed by atoms with Crippen LogP contribution < -0.4 is 5.73 Å². The highest BCUT2D eigenvalue weighted by Gasteiger charge is 2.09. The first kappa shape index (κ1) is 14.1. The first-order valence-corrected chi connectivity index (χ1v) is 5.30. The van der Waals surface area contributed by atoms with Crippen LogP contribution in [0.4, 0.5) is 5.82 Å². The molecule has 6 nitrogen and oxygen atoms in total. The summed E-state index contributed by atoms with van der Waals surface area (Å²) in [5.41, 5.74) is 5.54. The lowest BCUT2D eigenvalue weighted by Gasteiger charge is -2.01. The maximum Gasteiger partial charge on any atom is 0.354 e. The number of nitrogens with two attached hydrogens (primary N) is 1. The maximum absolute atomic E-state index is 11.0. The van der Waals surface area contributed by atoms with E-state index in [0.717, 1.165) is 0 Å². The molecule has 1 rings (SSSR count). The van der Waals surface area contributed by atoms with E-state index in [0.29, 0.717) is 0 Å². The number of carbonyl (C=O) groups is 1. The van der Waals surface area contributed by atoms with Gasteiger partial charge in [-0.1, -0.05) is 11.6 Å². The van der Waals surface area contributed by atoms with Gasteiger partial charge in [-0.15, -0.1) is 0 Å². The molecule has 96 valence electrons. The summed E-state index contributed by atoms with van der Waals surface area (Å²) >= 11 is 5.83. The van der Waals surface area contributed by atoms with E-state index in [1.54, 1.807) is 12.1 Å². The van der Waals surface area contributed by atoms with E-state index in [2.05, 4.69) is 9.98 Å². The summed E-state index contributed by atoms with van der Waals surface area (Å²) in [5, 5.41) is 9.26. The van der Waals surface area contributed by atoms with E-state index in [1.807, 2.05) is 0 Å². The number of ether oxygens (including phenoxy) is 1. The Hall–Kier alpha value is -1.92. The molecule has 0 aromatic carbocycles. The predicted octanol–water partition coefficient (Wildman–Crippen LogP) is 1.38. The van der Waals surface area contributed by atoms with Crippen LogP contribution in [0.2, 0.25) is 5.02 Å². The van der Waals surface area contributed by atoms with Crippen LogP contribution in [0.25, 0.3) is 0 Å². The highest BCUT2D eigenvalue weighted by atomic mass is 35.5. The number of methoxy groups -OCH3 is 1. The zero-order valence-corrected chi connectivity index (χ0v) is 10.4. The Morgan fingerprint density at radius 2 is 2.44 bits per heavy atom. The van der Waals surface area contributed by atoms with Crippen molar-refractivity contribution in [3.8, 4) is 0 Å². The average molecular weight is 270 g/mol. The van der Waals surface area contributed by atoms with Crippen molar-refractivity contribution in [2.24, 2.45) is 10.7 Å². The lowest BCUT2D eigenvalue weighted by atomic mass is 10.3. The number of halogens is 1. The molecule has 3 N–H and O–H groups in total. The van der Waals surface area contributed by atoms with Gasteiger partial charge in [-0.05, 0) is 18.2 Å². The lowest BCUT2D eigenvalue weighted by molar-refractivity contribution is -0.129. The Morgan fingerprint density at radius 3 is 3.00 bits per heavy atom. The summed E-state index contributed by atoms with van der Waals surface area (Å²) < 4.78 is 4.78. The molecule has 0 spiro atoms. The number of hydrogen-bond acceptors (Lipinski definition) is 5. The van der Waals surface area contributed by atoms with Crippen LogP contribution in [0, 0.1) is 0 Å². The van der Waals surface area contributed by atoms with Crippen LogP contribution >= 0.6 is 11.6 Å². The molecular weight excluding hydrogens is 258 g/mol. The SMILES string of the molecule is COC/C(N)=C/C(=N/c1ncccc1Cl)C(=O)O. The van der Waals surface area contributed by atoms with Crippen LogP contribution in [0.15, 0.2) is 35.1 Å². The van der Waals surface area contributed by atoms with Crippen LogP contribution in [-0.2, 0) is 9.53 Å². The minimum atomic E-state index is -1.23. The van der Waals surface area contributed by atoms with Crippen molar-refractivity contribution in [2.45, 2.75) is 0 Å². The van der Waals surface area contributed by atoms with Crippen molar-refractivity contribution in [3.05, 3.63) is 35.1 Å². The monoisotopic (exact) mass is 269 g/mol. The van der Waals surface area contributed by atoms with Gasteiger partial charge < -0.3 is 15.6 Å². The first-order valence-electron chi connectivity index (χ1n) is 4.92. The number of rotatable bonds is 5. The van der Waals surface area contributed by atoms with E-state index < -0.39 is 5.97 Å². The van der Waals surface area contributed by atoms with Gasteiger partial charge in [0.15, 0.2) is 11.5 Å². The van der Waals surface area contributed by atoms with Crippen molar-refractivity contribution in [1.82, 2.24) is 4.98 Å². The Balaban J connectivity index is 3.10. The van der Waals surface area contributed by atoms with Crippen LogP contribution in [0.3, 0.4) is 0 Å². The van der Waals surface area contributed by atoms with E-state index in [-0.39, 0.29) is 28.9 Å². The van der Waals surface area contributed by atoms with Crippen LogP contribution in [0.1, 0.15) is 0 Å². The number of carboxylic acids is 1. The summed E-state index contributed by atoms with van der Waals surface area (Å²) in [7, 11) is 1.45. The van der Waals surface area contributed by atoms with Crippen molar-refractivity contribution in [3.63, 3.8) is 0 Å². The molecule has 0 aliphatic heterocycles. The summed E-state index contributed by atoms with van der Waals surface area (Å²) in [5.74, 6) is -1.10. The molecule has 0 aliphatic rings. The van der Waals surface area contributed by atoms with E-state index in [4.69, 9.17) is 27.2 Å². The molecule has 0 fully saturated rings. The second-order valence-electron chi connectivity index (χ2n) is 3.26. The minimum absolute atomic E-state index is 0.113. The molecule has 0 aliphatic carbocycles. The van der Waals surface area contributed by atoms with Crippen LogP contribution in [-0.4, -0.2) is 35.5 Å². The van der Waals surface area contributed by atoms with E-state index in [1.165, 1.54) is 19.4 Å². The van der Waals surface area contributed by atoms with Gasteiger partial charge in [0.25, 0.3) is 0 Å². The quantitative estimate of drug-likeness (QED) is 0.787. The van der Waals surface area contributed by atoms with Gasteiger partial charge in [0, 0.05) is 19.0 Å². The lowest BCUT2D eigenvalue weighted by Crippen LogP contribution is -2.14. The zero-order chi connectivity index (χ0) is 13.5. The molecule has 0 bridgehead atoms. The smallest absolute Gasteiger partial charge is 0.354 e. The molecule has 1 aromatic rings. The first-order chi connectivity index (χ1) is 8.54. The van der Waals surface area contributed by atoms with Gasteiger partial charge in [0.2, 0.25) is 0 Å². The summed E-state index contributed by atoms with van der Waals surface area (Å²) in [6.07, 6.45) is 2.67. The third kappa shape index (κ3) is 4.15. The molecule has 0 unspecified atom stereocenters. The van der Waals surface area contributed by atoms with Crippen LogP contribution in [0.5, 0.6) is 0 Å². The molecule has 1 aromatic heterocycles. The van der Waals surface area contributed by atoms with Crippen molar-refractivity contribution in [1.29, 1.82) is 0 Å². The fraction of sp³-hybridized carbons (Fsp3) is 0.182. The molecule has 0 atom stereocenters. The number of nitrogens with zero attached hydrogens (tertiary/aromatic N) is 2. The number of hydrogen-bond donors (Lipinski definition) is 2. The second-order valence-corrected chi connectivity index (χ2v) is 3.67. The average Bonchev–Trinajstić information content (AvgIpc) is 2.31. The maximum atomic E-state index is 11.0. The number of pyridine rings is 1. The summed E-state index contributed by atoms with van der Waals surface area (Å²) in [6.45, 7) is 0.113. The van der Waals surface area contributed by atoms with Crippen molar-refractivity contribution in [2.75, 3.05) is 13.7 Å². The van der Waals surface area contributed by atoms with Gasteiger partial charge in [-0.2, -0.15) is 0 Å². The Kier molecular flexibility index (Phi) is 5.29. The predicted molar refractivity (Wildman–Crippen MR) is 68.1 cm³/mol. The molecule has 0 saturated heterocycles. The molecule has 7 heteroatoms. The third-order valence-corrected chi connectivity index (χ3v) is 2.11. The Morgan fingerprint density at radius 1 is 1.72 bits per heavy atom. The molecule has 0 radical (unpaired) electrons. The zero-order valence-electron chi connectivity index (χ0n) is 9.63. The molecule has 0 amide bonds. The highest BCUT2D eigenvalue weighted by molar-refractivity contribution is 6.41. The molecule has 1 heterocycles. The largest absolute Gasteiger partial charge is 0.477 e. The van der Waals surface area contributed by atoms with E-state index in [9.17, 15) is 4.79 Å². The standard InChI is InChI=1S/C11H12ClN3O3/c1-18-6-7(13)5-9(11(16)17)15-10-8(12)3-2-4-14-10/h2-5H,6,13H2,1H3,(H,16,17)/b7-5-,15-9-. The topological polar surface area (TPSA) is 97.8 Å². The summed E-state index contributed by atoms with van der Waals surface area (Å²) in [4.78, 5) is 18.7. The molecular formula is C11H12ClN3O3. The Labute approximate surface area is 109 Å². The fourth-order valence-corrected chi connectivity index (χ4v) is 1.26. The number of aliphatic carboxylic acids is 1. The molecule has 0 saturated carbocycles. The van der Waals surface area contributed by atoms with Gasteiger partial charge in [0.05, 0.1) is 11.6 Å². The normalized spacial score (nSPS) is 12.6. The molecule has 18 heavy (non-hydrogen) atoms. The number of aromatic nitrogens is 1. The number of aliphatic imine (C=N–C) groups is 1. The van der Waals surface area contributed by atoms with Crippen molar-refractivity contribution >= 4 is 29.1 Å². The van der Waals surface area contributed by atoms with Crippen molar-refractivity contribution < 1.29 is 14.6 Å². The highest BCUT2D eigenvalue weighted by Crippen LogP contribution is 2.20. The van der Waals surface area contributed by atoms with Gasteiger partial charge in [-0.25, -0.2) is 14.8 Å². The van der Waals surface area contributed by atoms with Gasteiger partial charge in [-0.3, -0.25) is 0 Å². The van der Waals surface area contributed by atoms with Gasteiger partial charge >= 0.3 is 5.97 Å². The van der Waals surface area contributed by atoms with E-state index >= 15 is 0 Å². The minimum Gasteiger partial charge on any atom is -0.477 e. The number of carboxylic acid groups (broad SMARTS) is 1.